The number of thiol groups is 2. The molecule has 1 heterocycles. The lowest BCUT2D eigenvalue weighted by Crippen LogP contribution is -2.32. The molecule has 0 aliphatic rings. The minimum atomic E-state index is -1.01. The minimum Gasteiger partial charge on any atom is -0.378 e. The Balaban J connectivity index is 3.44. The maximum absolute atomic E-state index is 11.0. The zero-order valence-corrected chi connectivity index (χ0v) is 7.97. The Morgan fingerprint density at radius 3 is 2.75 bits per heavy atom. The van der Waals surface area contributed by atoms with Crippen molar-refractivity contribution >= 4 is 27.6 Å². The van der Waals surface area contributed by atoms with Crippen molar-refractivity contribution in [2.24, 2.45) is 0 Å². The highest BCUT2D eigenvalue weighted by Gasteiger charge is 2.03. The molecule has 12 heavy (non-hydrogen) atoms. The van der Waals surface area contributed by atoms with Gasteiger partial charge in [0.2, 0.25) is 5.82 Å². The van der Waals surface area contributed by atoms with Crippen LogP contribution in [0.4, 0.5) is 5.82 Å². The van der Waals surface area contributed by atoms with Crippen LogP contribution >= 0.6 is 21.8 Å². The van der Waals surface area contributed by atoms with E-state index in [1.165, 1.54) is 0 Å². The first kappa shape index (κ1) is 9.20. The van der Waals surface area contributed by atoms with E-state index in [4.69, 9.17) is 5.73 Å². The molecule has 0 aromatic carbocycles. The van der Waals surface area contributed by atoms with Crippen molar-refractivity contribution < 1.29 is 0 Å². The SMILES string of the molecule is C[SH](S)n1nc(N)c(=O)[nH]c1=O. The second kappa shape index (κ2) is 3.23. The monoisotopic (exact) mass is 208 g/mol. The smallest absolute Gasteiger partial charge is 0.354 e. The summed E-state index contributed by atoms with van der Waals surface area (Å²) in [6.45, 7) is 0. The molecule has 1 aromatic heterocycles. The Labute approximate surface area is 75.1 Å². The Hall–Kier alpha value is -0.890. The molecular weight excluding hydrogens is 200 g/mol. The van der Waals surface area contributed by atoms with E-state index in [1.807, 2.05) is 4.98 Å². The van der Waals surface area contributed by atoms with E-state index in [2.05, 4.69) is 16.8 Å². The third kappa shape index (κ3) is 1.64. The molecule has 0 spiro atoms. The van der Waals surface area contributed by atoms with Gasteiger partial charge in [-0.05, 0) is 6.26 Å². The number of anilines is 1. The third-order valence-electron chi connectivity index (χ3n) is 1.11. The molecule has 8 heteroatoms. The fourth-order valence-corrected chi connectivity index (χ4v) is 1.50. The van der Waals surface area contributed by atoms with Gasteiger partial charge in [0.25, 0.3) is 5.56 Å². The summed E-state index contributed by atoms with van der Waals surface area (Å²) in [6, 6.07) is 0. The number of rotatable bonds is 1. The van der Waals surface area contributed by atoms with Crippen LogP contribution in [0.2, 0.25) is 0 Å². The summed E-state index contributed by atoms with van der Waals surface area (Å²) < 4.78 is 1.05. The first-order chi connectivity index (χ1) is 5.52. The molecule has 0 aliphatic heterocycles. The number of hydrogen-bond acceptors (Lipinski definition) is 5. The predicted octanol–water partition coefficient (Wildman–Crippen LogP) is -1.25. The van der Waals surface area contributed by atoms with Crippen LogP contribution in [0.15, 0.2) is 9.59 Å². The van der Waals surface area contributed by atoms with E-state index in [-0.39, 0.29) is 5.82 Å². The summed E-state index contributed by atoms with van der Waals surface area (Å²) in [5, 5.41) is 3.56. The molecule has 0 bridgehead atoms. The molecule has 0 aliphatic carbocycles. The van der Waals surface area contributed by atoms with Gasteiger partial charge in [-0.3, -0.25) is 9.78 Å². The molecule has 1 atom stereocenters. The summed E-state index contributed by atoms with van der Waals surface area (Å²) in [5.74, 6) is -0.224. The summed E-state index contributed by atoms with van der Waals surface area (Å²) >= 11 is 4.03. The number of nitrogen functional groups attached to an aromatic ring is 1. The molecule has 1 rings (SSSR count). The molecule has 0 amide bonds. The molecular formula is C4H8N4O2S2. The van der Waals surface area contributed by atoms with E-state index < -0.39 is 21.4 Å². The largest absolute Gasteiger partial charge is 0.378 e. The van der Waals surface area contributed by atoms with Crippen molar-refractivity contribution in [2.45, 2.75) is 0 Å². The zero-order chi connectivity index (χ0) is 9.30. The normalized spacial score (nSPS) is 14.3. The van der Waals surface area contributed by atoms with Crippen LogP contribution in [-0.2, 0) is 0 Å². The summed E-state index contributed by atoms with van der Waals surface area (Å²) in [4.78, 5) is 23.8. The van der Waals surface area contributed by atoms with E-state index >= 15 is 0 Å². The van der Waals surface area contributed by atoms with Crippen molar-refractivity contribution in [3.63, 3.8) is 0 Å². The highest BCUT2D eigenvalue weighted by Crippen LogP contribution is 2.22. The Bertz CT molecular complexity index is 395. The average molecular weight is 208 g/mol. The summed E-state index contributed by atoms with van der Waals surface area (Å²) in [6.07, 6.45) is 1.70. The quantitative estimate of drug-likeness (QED) is 0.343. The lowest BCUT2D eigenvalue weighted by molar-refractivity contribution is 0.847. The average Bonchev–Trinajstić information content (AvgIpc) is 1.96. The topological polar surface area (TPSA) is 93.8 Å². The Morgan fingerprint density at radius 1 is 1.67 bits per heavy atom. The fourth-order valence-electron chi connectivity index (χ4n) is 0.600. The van der Waals surface area contributed by atoms with Crippen molar-refractivity contribution in [1.82, 2.24) is 14.2 Å². The third-order valence-corrected chi connectivity index (χ3v) is 2.44. The van der Waals surface area contributed by atoms with Crippen LogP contribution in [0.5, 0.6) is 0 Å². The molecule has 68 valence electrons. The first-order valence-electron chi connectivity index (χ1n) is 2.94. The lowest BCUT2D eigenvalue weighted by atomic mass is 10.7. The maximum Gasteiger partial charge on any atom is 0.354 e. The van der Waals surface area contributed by atoms with Gasteiger partial charge in [-0.1, -0.05) is 0 Å². The molecule has 0 saturated heterocycles. The zero-order valence-electron chi connectivity index (χ0n) is 6.18. The number of nitrogens with zero attached hydrogens (tertiary/aromatic N) is 2. The molecule has 0 saturated carbocycles. The van der Waals surface area contributed by atoms with E-state index in [9.17, 15) is 9.59 Å². The van der Waals surface area contributed by atoms with Gasteiger partial charge in [0, 0.05) is 0 Å². The van der Waals surface area contributed by atoms with E-state index in [0.717, 1.165) is 4.09 Å². The number of H-pyrrole nitrogens is 1. The van der Waals surface area contributed by atoms with Crippen LogP contribution in [-0.4, -0.2) is 20.4 Å². The second-order valence-corrected chi connectivity index (χ2v) is 5.12. The van der Waals surface area contributed by atoms with Gasteiger partial charge < -0.3 is 5.73 Å². The molecule has 3 N–H and O–H groups in total. The van der Waals surface area contributed by atoms with Crippen molar-refractivity contribution in [3.8, 4) is 0 Å². The summed E-state index contributed by atoms with van der Waals surface area (Å²) in [5.41, 5.74) is 3.94. The molecule has 0 radical (unpaired) electrons. The van der Waals surface area contributed by atoms with Gasteiger partial charge in [0.05, 0.1) is 0 Å². The minimum absolute atomic E-state index is 0.224. The highest BCUT2D eigenvalue weighted by molar-refractivity contribution is 8.77. The molecule has 6 nitrogen and oxygen atoms in total. The maximum atomic E-state index is 11.0. The van der Waals surface area contributed by atoms with Crippen molar-refractivity contribution in [1.29, 1.82) is 0 Å². The molecule has 1 aromatic rings. The van der Waals surface area contributed by atoms with Gasteiger partial charge in [-0.15, -0.1) is 26.9 Å². The lowest BCUT2D eigenvalue weighted by Gasteiger charge is -2.09. The van der Waals surface area contributed by atoms with Gasteiger partial charge in [-0.25, -0.2) is 4.79 Å². The predicted molar refractivity (Wildman–Crippen MR) is 52.8 cm³/mol. The van der Waals surface area contributed by atoms with Gasteiger partial charge in [0.1, 0.15) is 0 Å². The first-order valence-corrected chi connectivity index (χ1v) is 5.84. The van der Waals surface area contributed by atoms with Crippen LogP contribution in [0.25, 0.3) is 0 Å². The van der Waals surface area contributed by atoms with Crippen LogP contribution in [0.1, 0.15) is 0 Å². The van der Waals surface area contributed by atoms with Crippen LogP contribution < -0.4 is 17.0 Å². The number of aromatic amines is 1. The Kier molecular flexibility index (Phi) is 2.48. The molecule has 0 fully saturated rings. The van der Waals surface area contributed by atoms with Gasteiger partial charge in [0.15, 0.2) is 0 Å². The van der Waals surface area contributed by atoms with E-state index in [0.29, 0.717) is 0 Å². The second-order valence-electron chi connectivity index (χ2n) is 2.02. The number of nitrogens with one attached hydrogen (secondary N) is 1. The number of nitrogens with two attached hydrogens (primary N) is 1. The standard InChI is InChI=1S/C4H8N4O2S2/c1-12(11)8-4(10)6-3(9)2(5)7-8/h11-12H,1H3,(H2,5,7)(H,6,9,10). The van der Waals surface area contributed by atoms with Gasteiger partial charge in [-0.2, -0.15) is 4.09 Å². The van der Waals surface area contributed by atoms with Crippen molar-refractivity contribution in [3.05, 3.63) is 20.8 Å². The van der Waals surface area contributed by atoms with Crippen LogP contribution in [0.3, 0.4) is 0 Å². The summed E-state index contributed by atoms with van der Waals surface area (Å²) in [7, 11) is -1.01. The number of aromatic nitrogens is 3. The van der Waals surface area contributed by atoms with E-state index in [1.54, 1.807) is 6.26 Å². The molecule has 1 unspecified atom stereocenters. The Morgan fingerprint density at radius 2 is 2.25 bits per heavy atom. The number of hydrogen-bond donors (Lipinski definition) is 4. The van der Waals surface area contributed by atoms with Crippen LogP contribution in [0, 0.1) is 0 Å². The van der Waals surface area contributed by atoms with Gasteiger partial charge >= 0.3 is 5.69 Å². The fraction of sp³-hybridized carbons (Fsp3) is 0.250. The van der Waals surface area contributed by atoms with Crippen molar-refractivity contribution in [2.75, 3.05) is 12.0 Å². The highest BCUT2D eigenvalue weighted by atomic mass is 33.1.